The van der Waals surface area contributed by atoms with Crippen LogP contribution in [-0.4, -0.2) is 9.78 Å². The van der Waals surface area contributed by atoms with Gasteiger partial charge in [0.25, 0.3) is 0 Å². The summed E-state index contributed by atoms with van der Waals surface area (Å²) in [5, 5.41) is 4.68. The minimum atomic E-state index is 0.568. The number of hydrogen-bond acceptors (Lipinski definition) is 1. The van der Waals surface area contributed by atoms with Gasteiger partial charge in [-0.15, -0.1) is 0 Å². The second-order valence-corrected chi connectivity index (χ2v) is 3.77. The predicted octanol–water partition coefficient (Wildman–Crippen LogP) is 3.09. The van der Waals surface area contributed by atoms with Gasteiger partial charge in [0.1, 0.15) is 0 Å². The van der Waals surface area contributed by atoms with Gasteiger partial charge in [0.2, 0.25) is 0 Å². The van der Waals surface area contributed by atoms with Crippen LogP contribution in [-0.2, 0) is 0 Å². The fourth-order valence-electron chi connectivity index (χ4n) is 1.02. The van der Waals surface area contributed by atoms with Gasteiger partial charge in [0.05, 0.1) is 21.4 Å². The molecule has 0 saturated carbocycles. The highest BCUT2D eigenvalue weighted by Crippen LogP contribution is 2.19. The molecule has 0 aliphatic rings. The Bertz CT molecular complexity index is 425. The normalized spacial score (nSPS) is 10.3. The van der Waals surface area contributed by atoms with Gasteiger partial charge < -0.3 is 0 Å². The van der Waals surface area contributed by atoms with E-state index in [0.717, 1.165) is 10.2 Å². The molecule has 1 radical (unpaired) electrons. The monoisotopic (exact) mass is 255 g/mol. The van der Waals surface area contributed by atoms with E-state index in [1.165, 1.54) is 0 Å². The summed E-state index contributed by atoms with van der Waals surface area (Å²) in [6.07, 6.45) is 3.55. The number of hydrogen-bond donors (Lipinski definition) is 0. The standard InChI is InChI=1S/C9H5BrClN2/c10-7-5-12-13(6-7)9-4-2-1-3-8(9)11/h1-2,4-6H. The van der Waals surface area contributed by atoms with E-state index in [9.17, 15) is 0 Å². The first kappa shape index (κ1) is 8.78. The number of aromatic nitrogens is 2. The molecule has 0 aliphatic carbocycles. The first-order chi connectivity index (χ1) is 6.27. The fraction of sp³-hybridized carbons (Fsp3) is 0. The van der Waals surface area contributed by atoms with E-state index in [-0.39, 0.29) is 0 Å². The molecule has 2 rings (SSSR count). The topological polar surface area (TPSA) is 17.8 Å². The van der Waals surface area contributed by atoms with Gasteiger partial charge >= 0.3 is 0 Å². The number of benzene rings is 1. The molecule has 1 aromatic carbocycles. The van der Waals surface area contributed by atoms with E-state index in [1.54, 1.807) is 16.9 Å². The molecule has 65 valence electrons. The van der Waals surface area contributed by atoms with Crippen molar-refractivity contribution in [2.45, 2.75) is 0 Å². The third-order valence-corrected chi connectivity index (χ3v) is 2.30. The lowest BCUT2D eigenvalue weighted by Crippen LogP contribution is -1.94. The first-order valence-corrected chi connectivity index (χ1v) is 4.81. The van der Waals surface area contributed by atoms with Gasteiger partial charge in [-0.2, -0.15) is 5.10 Å². The molecule has 0 fully saturated rings. The number of nitrogens with zero attached hydrogens (tertiary/aromatic N) is 2. The maximum atomic E-state index is 5.94. The lowest BCUT2D eigenvalue weighted by molar-refractivity contribution is 0.880. The summed E-state index contributed by atoms with van der Waals surface area (Å²) in [5.74, 6) is 0. The largest absolute Gasteiger partial charge is 0.238 e. The highest BCUT2D eigenvalue weighted by Gasteiger charge is 2.02. The van der Waals surface area contributed by atoms with Crippen LogP contribution in [0.25, 0.3) is 5.69 Å². The number of halogens is 2. The second-order valence-electron chi connectivity index (χ2n) is 2.47. The Morgan fingerprint density at radius 3 is 3.00 bits per heavy atom. The van der Waals surface area contributed by atoms with E-state index in [2.05, 4.69) is 27.1 Å². The van der Waals surface area contributed by atoms with Crippen LogP contribution in [0.5, 0.6) is 0 Å². The van der Waals surface area contributed by atoms with Crippen molar-refractivity contribution in [3.8, 4) is 5.69 Å². The van der Waals surface area contributed by atoms with Crippen LogP contribution in [0.3, 0.4) is 0 Å². The lowest BCUT2D eigenvalue weighted by Gasteiger charge is -2.01. The van der Waals surface area contributed by atoms with Gasteiger partial charge in [0, 0.05) is 12.3 Å². The summed E-state index contributed by atoms with van der Waals surface area (Å²) in [5.41, 5.74) is 0.829. The summed E-state index contributed by atoms with van der Waals surface area (Å²) in [7, 11) is 0. The Kier molecular flexibility index (Phi) is 2.38. The summed E-state index contributed by atoms with van der Waals surface area (Å²) >= 11 is 9.25. The third-order valence-electron chi connectivity index (χ3n) is 1.58. The second kappa shape index (κ2) is 3.52. The molecule has 4 heteroatoms. The van der Waals surface area contributed by atoms with Gasteiger partial charge in [-0.05, 0) is 22.0 Å². The molecule has 2 aromatic rings. The summed E-state index contributed by atoms with van der Waals surface area (Å²) < 4.78 is 2.62. The minimum Gasteiger partial charge on any atom is -0.238 e. The molecule has 0 N–H and O–H groups in total. The van der Waals surface area contributed by atoms with E-state index >= 15 is 0 Å². The highest BCUT2D eigenvalue weighted by molar-refractivity contribution is 9.10. The Balaban J connectivity index is 2.52. The zero-order chi connectivity index (χ0) is 9.26. The average molecular weight is 257 g/mol. The summed E-state index contributed by atoms with van der Waals surface area (Å²) in [4.78, 5) is 0. The van der Waals surface area contributed by atoms with Crippen LogP contribution in [0.2, 0.25) is 5.02 Å². The molecule has 0 amide bonds. The SMILES string of the molecule is Clc1[c]cccc1-n1cc(Br)cn1. The highest BCUT2D eigenvalue weighted by atomic mass is 79.9. The van der Waals surface area contributed by atoms with Crippen molar-refractivity contribution in [2.24, 2.45) is 0 Å². The smallest absolute Gasteiger partial charge is 0.0838 e. The molecule has 0 aliphatic heterocycles. The zero-order valence-corrected chi connectivity index (χ0v) is 8.88. The molecule has 0 spiro atoms. The van der Waals surface area contributed by atoms with E-state index < -0.39 is 0 Å². The Hall–Kier alpha value is -0.800. The zero-order valence-electron chi connectivity index (χ0n) is 6.54. The molecule has 0 atom stereocenters. The lowest BCUT2D eigenvalue weighted by atomic mass is 10.3. The third kappa shape index (κ3) is 1.76. The van der Waals surface area contributed by atoms with Crippen LogP contribution < -0.4 is 0 Å². The molecule has 0 bridgehead atoms. The van der Waals surface area contributed by atoms with Crippen LogP contribution in [0, 0.1) is 6.07 Å². The number of rotatable bonds is 1. The van der Waals surface area contributed by atoms with Gasteiger partial charge in [-0.25, -0.2) is 4.68 Å². The molecule has 1 aromatic heterocycles. The van der Waals surface area contributed by atoms with E-state index in [4.69, 9.17) is 11.6 Å². The van der Waals surface area contributed by atoms with Crippen LogP contribution in [0.15, 0.2) is 35.1 Å². The maximum absolute atomic E-state index is 5.94. The van der Waals surface area contributed by atoms with Gasteiger partial charge in [0.15, 0.2) is 0 Å². The molecule has 0 saturated heterocycles. The molecule has 0 unspecified atom stereocenters. The Morgan fingerprint density at radius 2 is 2.38 bits per heavy atom. The van der Waals surface area contributed by atoms with Crippen molar-refractivity contribution in [3.05, 3.63) is 46.2 Å². The Labute approximate surface area is 89.3 Å². The van der Waals surface area contributed by atoms with Gasteiger partial charge in [-0.3, -0.25) is 0 Å². The van der Waals surface area contributed by atoms with Crippen molar-refractivity contribution >= 4 is 27.5 Å². The molecular weight excluding hydrogens is 251 g/mol. The maximum Gasteiger partial charge on any atom is 0.0838 e. The molecule has 2 nitrogen and oxygen atoms in total. The fourth-order valence-corrected chi connectivity index (χ4v) is 1.52. The molecule has 1 heterocycles. The van der Waals surface area contributed by atoms with E-state index in [0.29, 0.717) is 5.02 Å². The molecular formula is C9H5BrClN2. The van der Waals surface area contributed by atoms with E-state index in [1.807, 2.05) is 18.3 Å². The van der Waals surface area contributed by atoms with Crippen molar-refractivity contribution in [1.82, 2.24) is 9.78 Å². The average Bonchev–Trinajstić information content (AvgIpc) is 2.53. The van der Waals surface area contributed by atoms with Crippen molar-refractivity contribution in [2.75, 3.05) is 0 Å². The Morgan fingerprint density at radius 1 is 1.54 bits per heavy atom. The van der Waals surface area contributed by atoms with Crippen molar-refractivity contribution in [1.29, 1.82) is 0 Å². The summed E-state index contributed by atoms with van der Waals surface area (Å²) in [6, 6.07) is 8.42. The predicted molar refractivity (Wildman–Crippen MR) is 55.1 cm³/mol. The first-order valence-electron chi connectivity index (χ1n) is 3.64. The quantitative estimate of drug-likeness (QED) is 0.767. The van der Waals surface area contributed by atoms with Crippen LogP contribution in [0.4, 0.5) is 0 Å². The van der Waals surface area contributed by atoms with Crippen molar-refractivity contribution < 1.29 is 0 Å². The minimum absolute atomic E-state index is 0.568. The molecule has 13 heavy (non-hydrogen) atoms. The van der Waals surface area contributed by atoms with Gasteiger partial charge in [-0.1, -0.05) is 23.7 Å². The summed E-state index contributed by atoms with van der Waals surface area (Å²) in [6.45, 7) is 0. The van der Waals surface area contributed by atoms with Crippen molar-refractivity contribution in [3.63, 3.8) is 0 Å². The van der Waals surface area contributed by atoms with Crippen LogP contribution >= 0.6 is 27.5 Å². The van der Waals surface area contributed by atoms with Crippen LogP contribution in [0.1, 0.15) is 0 Å².